The molecule has 0 unspecified atom stereocenters. The van der Waals surface area contributed by atoms with Crippen molar-refractivity contribution in [3.05, 3.63) is 11.8 Å². The lowest BCUT2D eigenvalue weighted by Gasteiger charge is -2.08. The molecule has 3 nitrogen and oxygen atoms in total. The minimum atomic E-state index is -4.38. The molecule has 1 heterocycles. The lowest BCUT2D eigenvalue weighted by atomic mass is 10.3. The normalized spacial score (nSPS) is 12.2. The molecule has 1 aromatic heterocycles. The van der Waals surface area contributed by atoms with E-state index in [4.69, 9.17) is 0 Å². The summed E-state index contributed by atoms with van der Waals surface area (Å²) in [5, 5.41) is 6.23. The molecule has 0 saturated carbocycles. The third-order valence-electron chi connectivity index (χ3n) is 1.61. The molecular weight excluding hydrogens is 195 g/mol. The van der Waals surface area contributed by atoms with E-state index in [0.717, 1.165) is 6.07 Å². The molecule has 1 aromatic rings. The summed E-state index contributed by atoms with van der Waals surface area (Å²) < 4.78 is 37.8. The van der Waals surface area contributed by atoms with E-state index in [1.807, 2.05) is 13.8 Å². The lowest BCUT2D eigenvalue weighted by molar-refractivity contribution is -0.141. The highest BCUT2D eigenvalue weighted by Gasteiger charge is 2.34. The average molecular weight is 207 g/mol. The zero-order valence-electron chi connectivity index (χ0n) is 8.18. The Hall–Kier alpha value is -1.20. The van der Waals surface area contributed by atoms with Gasteiger partial charge >= 0.3 is 6.18 Å². The van der Waals surface area contributed by atoms with Gasteiger partial charge in [0.2, 0.25) is 0 Å². The van der Waals surface area contributed by atoms with E-state index in [9.17, 15) is 13.2 Å². The number of nitrogens with one attached hydrogen (secondary N) is 1. The molecule has 0 atom stereocenters. The number of nitrogens with zero attached hydrogens (tertiary/aromatic N) is 2. The van der Waals surface area contributed by atoms with Crippen molar-refractivity contribution in [2.75, 3.05) is 5.32 Å². The number of anilines is 1. The number of rotatable bonds is 2. The smallest absolute Gasteiger partial charge is 0.368 e. The van der Waals surface area contributed by atoms with E-state index in [2.05, 4.69) is 10.4 Å². The number of aryl methyl sites for hydroxylation is 1. The van der Waals surface area contributed by atoms with Crippen LogP contribution in [0.1, 0.15) is 19.5 Å². The first-order valence-corrected chi connectivity index (χ1v) is 4.18. The Balaban J connectivity index is 2.94. The Labute approximate surface area is 79.9 Å². The molecule has 0 aliphatic heterocycles. The molecule has 0 aliphatic rings. The summed E-state index contributed by atoms with van der Waals surface area (Å²) in [5.41, 5.74) is -0.872. The van der Waals surface area contributed by atoms with Gasteiger partial charge in [-0.25, -0.2) is 0 Å². The molecular formula is C8H12F3N3. The molecule has 1 rings (SSSR count). The summed E-state index contributed by atoms with van der Waals surface area (Å²) in [6, 6.07) is 1.08. The lowest BCUT2D eigenvalue weighted by Crippen LogP contribution is -2.12. The molecule has 0 amide bonds. The van der Waals surface area contributed by atoms with Crippen LogP contribution < -0.4 is 5.32 Å². The Morgan fingerprint density at radius 3 is 2.36 bits per heavy atom. The third kappa shape index (κ3) is 2.40. The fraction of sp³-hybridized carbons (Fsp3) is 0.625. The van der Waals surface area contributed by atoms with Gasteiger partial charge in [-0.15, -0.1) is 0 Å². The maximum Gasteiger partial charge on any atom is 0.435 e. The minimum absolute atomic E-state index is 0.0754. The molecule has 0 radical (unpaired) electrons. The van der Waals surface area contributed by atoms with Gasteiger partial charge in [-0.2, -0.15) is 18.3 Å². The molecule has 14 heavy (non-hydrogen) atoms. The second-order valence-electron chi connectivity index (χ2n) is 3.34. The van der Waals surface area contributed by atoms with Crippen LogP contribution in [0.5, 0.6) is 0 Å². The van der Waals surface area contributed by atoms with Crippen LogP contribution in [0.25, 0.3) is 0 Å². The first-order valence-electron chi connectivity index (χ1n) is 4.18. The Morgan fingerprint density at radius 1 is 1.43 bits per heavy atom. The summed E-state index contributed by atoms with van der Waals surface area (Å²) >= 11 is 0. The fourth-order valence-electron chi connectivity index (χ4n) is 1.04. The quantitative estimate of drug-likeness (QED) is 0.806. The van der Waals surface area contributed by atoms with Crippen molar-refractivity contribution in [2.24, 2.45) is 7.05 Å². The summed E-state index contributed by atoms with van der Waals surface area (Å²) in [6.45, 7) is 3.69. The standard InChI is InChI=1S/C8H12F3N3/c1-5(2)12-7-4-6(8(9,10)11)13-14(7)3/h4-5,12H,1-3H3. The van der Waals surface area contributed by atoms with Gasteiger partial charge in [-0.05, 0) is 13.8 Å². The maximum atomic E-state index is 12.2. The monoisotopic (exact) mass is 207 g/mol. The highest BCUT2D eigenvalue weighted by atomic mass is 19.4. The van der Waals surface area contributed by atoms with Crippen LogP contribution in [0.2, 0.25) is 0 Å². The van der Waals surface area contributed by atoms with Gasteiger partial charge in [0.25, 0.3) is 0 Å². The molecule has 0 saturated heterocycles. The second-order valence-corrected chi connectivity index (χ2v) is 3.34. The molecule has 0 bridgehead atoms. The van der Waals surface area contributed by atoms with Crippen LogP contribution in [-0.4, -0.2) is 15.8 Å². The number of hydrogen-bond acceptors (Lipinski definition) is 2. The number of aromatic nitrogens is 2. The maximum absolute atomic E-state index is 12.2. The number of hydrogen-bond donors (Lipinski definition) is 1. The third-order valence-corrected chi connectivity index (χ3v) is 1.61. The van der Waals surface area contributed by atoms with Crippen molar-refractivity contribution in [3.8, 4) is 0 Å². The SMILES string of the molecule is CC(C)Nc1cc(C(F)(F)F)nn1C. The first-order chi connectivity index (χ1) is 6.30. The topological polar surface area (TPSA) is 29.9 Å². The molecule has 0 spiro atoms. The molecule has 80 valence electrons. The summed E-state index contributed by atoms with van der Waals surface area (Å²) in [4.78, 5) is 0. The van der Waals surface area contributed by atoms with E-state index in [1.165, 1.54) is 11.7 Å². The fourth-order valence-corrected chi connectivity index (χ4v) is 1.04. The Bertz CT molecular complexity index is 314. The highest BCUT2D eigenvalue weighted by Crippen LogP contribution is 2.29. The van der Waals surface area contributed by atoms with Crippen molar-refractivity contribution >= 4 is 5.82 Å². The van der Waals surface area contributed by atoms with Gasteiger partial charge in [0.15, 0.2) is 5.69 Å². The zero-order valence-corrected chi connectivity index (χ0v) is 8.18. The Kier molecular flexibility index (Phi) is 2.73. The van der Waals surface area contributed by atoms with Crippen molar-refractivity contribution in [3.63, 3.8) is 0 Å². The van der Waals surface area contributed by atoms with E-state index in [-0.39, 0.29) is 6.04 Å². The van der Waals surface area contributed by atoms with Gasteiger partial charge in [-0.3, -0.25) is 4.68 Å². The van der Waals surface area contributed by atoms with E-state index in [1.54, 1.807) is 0 Å². The summed E-state index contributed by atoms with van der Waals surface area (Å²) in [7, 11) is 1.47. The Morgan fingerprint density at radius 2 is 2.00 bits per heavy atom. The van der Waals surface area contributed by atoms with Crippen LogP contribution in [0.3, 0.4) is 0 Å². The molecule has 6 heteroatoms. The van der Waals surface area contributed by atoms with Crippen LogP contribution in [0, 0.1) is 0 Å². The van der Waals surface area contributed by atoms with E-state index < -0.39 is 11.9 Å². The van der Waals surface area contributed by atoms with Crippen molar-refractivity contribution in [1.29, 1.82) is 0 Å². The first kappa shape index (κ1) is 10.9. The minimum Gasteiger partial charge on any atom is -0.368 e. The van der Waals surface area contributed by atoms with Gasteiger partial charge in [0, 0.05) is 19.2 Å². The molecule has 0 aromatic carbocycles. The van der Waals surface area contributed by atoms with Gasteiger partial charge < -0.3 is 5.32 Å². The van der Waals surface area contributed by atoms with Crippen molar-refractivity contribution in [1.82, 2.24) is 9.78 Å². The van der Waals surface area contributed by atoms with Crippen molar-refractivity contribution < 1.29 is 13.2 Å². The second kappa shape index (κ2) is 3.51. The highest BCUT2D eigenvalue weighted by molar-refractivity contribution is 5.38. The summed E-state index contributed by atoms with van der Waals surface area (Å²) in [6.07, 6.45) is -4.38. The van der Waals surface area contributed by atoms with Crippen molar-refractivity contribution in [2.45, 2.75) is 26.1 Å². The molecule has 1 N–H and O–H groups in total. The van der Waals surface area contributed by atoms with E-state index in [0.29, 0.717) is 5.82 Å². The zero-order chi connectivity index (χ0) is 10.9. The van der Waals surface area contributed by atoms with Crippen LogP contribution in [0.4, 0.5) is 19.0 Å². The predicted octanol–water partition coefficient (Wildman–Crippen LogP) is 2.26. The van der Waals surface area contributed by atoms with Gasteiger partial charge in [-0.1, -0.05) is 0 Å². The van der Waals surface area contributed by atoms with E-state index >= 15 is 0 Å². The number of halogens is 3. The number of alkyl halides is 3. The molecule has 0 aliphatic carbocycles. The molecule has 0 fully saturated rings. The van der Waals surface area contributed by atoms with Crippen LogP contribution in [-0.2, 0) is 13.2 Å². The predicted molar refractivity (Wildman–Crippen MR) is 47.0 cm³/mol. The largest absolute Gasteiger partial charge is 0.435 e. The van der Waals surface area contributed by atoms with Gasteiger partial charge in [0.1, 0.15) is 5.82 Å². The average Bonchev–Trinajstić information content (AvgIpc) is 2.30. The summed E-state index contributed by atoms with van der Waals surface area (Å²) in [5.74, 6) is 0.368. The van der Waals surface area contributed by atoms with Gasteiger partial charge in [0.05, 0.1) is 0 Å². The van der Waals surface area contributed by atoms with Crippen LogP contribution >= 0.6 is 0 Å². The van der Waals surface area contributed by atoms with Crippen LogP contribution in [0.15, 0.2) is 6.07 Å².